The summed E-state index contributed by atoms with van der Waals surface area (Å²) in [5.74, 6) is -1.76. The van der Waals surface area contributed by atoms with Gasteiger partial charge in [-0.2, -0.15) is 0 Å². The van der Waals surface area contributed by atoms with Crippen LogP contribution in [0.15, 0.2) is 0 Å². The summed E-state index contributed by atoms with van der Waals surface area (Å²) < 4.78 is 0. The lowest BCUT2D eigenvalue weighted by molar-refractivity contribution is -0.139. The third kappa shape index (κ3) is 6.72. The molecule has 4 N–H and O–H groups in total. The van der Waals surface area contributed by atoms with Gasteiger partial charge in [0, 0.05) is 20.0 Å². The molecule has 3 amide bonds. The first-order valence-electron chi connectivity index (χ1n) is 5.91. The molecule has 0 radical (unpaired) electrons. The Labute approximate surface area is 106 Å². The van der Waals surface area contributed by atoms with E-state index in [2.05, 4.69) is 5.32 Å². The van der Waals surface area contributed by atoms with Gasteiger partial charge in [0.25, 0.3) is 0 Å². The van der Waals surface area contributed by atoms with Gasteiger partial charge in [-0.15, -0.1) is 0 Å². The van der Waals surface area contributed by atoms with E-state index in [1.54, 1.807) is 7.05 Å². The molecule has 0 heterocycles. The molecule has 7 heteroatoms. The number of primary amides is 1. The number of amides is 3. The fraction of sp³-hybridized carbons (Fsp3) is 0.727. The van der Waals surface area contributed by atoms with E-state index < -0.39 is 23.9 Å². The molecule has 18 heavy (non-hydrogen) atoms. The van der Waals surface area contributed by atoms with E-state index in [1.165, 1.54) is 4.90 Å². The van der Waals surface area contributed by atoms with Gasteiger partial charge < -0.3 is 21.1 Å². The van der Waals surface area contributed by atoms with Crippen molar-refractivity contribution < 1.29 is 19.5 Å². The van der Waals surface area contributed by atoms with E-state index in [4.69, 9.17) is 10.8 Å². The van der Waals surface area contributed by atoms with Crippen molar-refractivity contribution in [2.45, 2.75) is 38.6 Å². The average Bonchev–Trinajstić information content (AvgIpc) is 2.30. The molecule has 0 aliphatic carbocycles. The Morgan fingerprint density at radius 3 is 2.44 bits per heavy atom. The molecule has 0 saturated carbocycles. The fourth-order valence-corrected chi connectivity index (χ4v) is 1.30. The average molecular weight is 259 g/mol. The Bertz CT molecular complexity index is 307. The maximum atomic E-state index is 11.6. The lowest BCUT2D eigenvalue weighted by Gasteiger charge is -2.21. The molecule has 0 aliphatic heterocycles. The SMILES string of the molecule is CCCCN(C)C(=O)N[C@@H](CCC(N)=O)C(=O)O. The lowest BCUT2D eigenvalue weighted by Crippen LogP contribution is -2.47. The third-order valence-corrected chi connectivity index (χ3v) is 2.47. The minimum atomic E-state index is -1.17. The number of carboxylic acids is 1. The minimum absolute atomic E-state index is 0.00196. The first-order chi connectivity index (χ1) is 8.38. The van der Waals surface area contributed by atoms with Crippen LogP contribution in [-0.4, -0.2) is 47.5 Å². The van der Waals surface area contributed by atoms with E-state index >= 15 is 0 Å². The van der Waals surface area contributed by atoms with Gasteiger partial charge >= 0.3 is 12.0 Å². The smallest absolute Gasteiger partial charge is 0.326 e. The van der Waals surface area contributed by atoms with Gasteiger partial charge in [0.05, 0.1) is 0 Å². The number of carbonyl (C=O) groups excluding carboxylic acids is 2. The first kappa shape index (κ1) is 16.2. The van der Waals surface area contributed by atoms with Crippen molar-refractivity contribution >= 4 is 17.9 Å². The van der Waals surface area contributed by atoms with E-state index in [0.29, 0.717) is 6.54 Å². The number of carbonyl (C=O) groups is 3. The summed E-state index contributed by atoms with van der Waals surface area (Å²) in [6.07, 6.45) is 1.72. The highest BCUT2D eigenvalue weighted by atomic mass is 16.4. The highest BCUT2D eigenvalue weighted by Gasteiger charge is 2.21. The van der Waals surface area contributed by atoms with Crippen LogP contribution in [0.5, 0.6) is 0 Å². The fourth-order valence-electron chi connectivity index (χ4n) is 1.30. The van der Waals surface area contributed by atoms with Crippen molar-refractivity contribution in [2.24, 2.45) is 5.73 Å². The first-order valence-corrected chi connectivity index (χ1v) is 5.91. The van der Waals surface area contributed by atoms with Crippen molar-refractivity contribution in [1.82, 2.24) is 10.2 Å². The van der Waals surface area contributed by atoms with Crippen LogP contribution in [0.2, 0.25) is 0 Å². The molecule has 0 rings (SSSR count). The van der Waals surface area contributed by atoms with Crippen LogP contribution in [0.1, 0.15) is 32.6 Å². The number of hydrogen-bond donors (Lipinski definition) is 3. The predicted octanol–water partition coefficient (Wildman–Crippen LogP) is 0.147. The Balaban J connectivity index is 4.26. The normalized spacial score (nSPS) is 11.7. The van der Waals surface area contributed by atoms with Gasteiger partial charge in [0.2, 0.25) is 5.91 Å². The molecule has 0 unspecified atom stereocenters. The largest absolute Gasteiger partial charge is 0.480 e. The van der Waals surface area contributed by atoms with E-state index in [1.807, 2.05) is 6.92 Å². The lowest BCUT2D eigenvalue weighted by atomic mass is 10.1. The Morgan fingerprint density at radius 2 is 2.00 bits per heavy atom. The van der Waals surface area contributed by atoms with Gasteiger partial charge in [-0.25, -0.2) is 9.59 Å². The zero-order valence-corrected chi connectivity index (χ0v) is 10.8. The van der Waals surface area contributed by atoms with Crippen LogP contribution in [0.25, 0.3) is 0 Å². The van der Waals surface area contributed by atoms with Crippen molar-refractivity contribution in [2.75, 3.05) is 13.6 Å². The zero-order valence-electron chi connectivity index (χ0n) is 10.8. The number of unbranched alkanes of at least 4 members (excludes halogenated alkanes) is 1. The van der Waals surface area contributed by atoms with Gasteiger partial charge in [0.15, 0.2) is 0 Å². The van der Waals surface area contributed by atoms with E-state index in [0.717, 1.165) is 12.8 Å². The number of nitrogens with zero attached hydrogens (tertiary/aromatic N) is 1. The van der Waals surface area contributed by atoms with Gasteiger partial charge in [-0.3, -0.25) is 4.79 Å². The van der Waals surface area contributed by atoms with E-state index in [-0.39, 0.29) is 12.8 Å². The highest BCUT2D eigenvalue weighted by molar-refractivity contribution is 5.83. The summed E-state index contributed by atoms with van der Waals surface area (Å²) in [5.41, 5.74) is 4.94. The summed E-state index contributed by atoms with van der Waals surface area (Å²) in [4.78, 5) is 34.6. The molecule has 0 fully saturated rings. The molecule has 0 aliphatic rings. The van der Waals surface area contributed by atoms with Crippen LogP contribution >= 0.6 is 0 Å². The molecule has 0 aromatic heterocycles. The number of carboxylic acid groups (broad SMARTS) is 1. The van der Waals surface area contributed by atoms with Crippen LogP contribution in [0.3, 0.4) is 0 Å². The molecule has 0 aromatic carbocycles. The highest BCUT2D eigenvalue weighted by Crippen LogP contribution is 2.00. The van der Waals surface area contributed by atoms with Crippen molar-refractivity contribution in [1.29, 1.82) is 0 Å². The molecule has 104 valence electrons. The molecule has 7 nitrogen and oxygen atoms in total. The number of aliphatic carboxylic acids is 1. The molecule has 0 aromatic rings. The standard InChI is InChI=1S/C11H21N3O4/c1-3-4-7-14(2)11(18)13-8(10(16)17)5-6-9(12)15/h8H,3-7H2,1-2H3,(H2,12,15)(H,13,18)(H,16,17)/t8-/m0/s1. The number of hydrogen-bond acceptors (Lipinski definition) is 3. The zero-order chi connectivity index (χ0) is 14.1. The van der Waals surface area contributed by atoms with Gasteiger partial charge in [0.1, 0.15) is 6.04 Å². The summed E-state index contributed by atoms with van der Waals surface area (Å²) in [6.45, 7) is 2.56. The third-order valence-electron chi connectivity index (χ3n) is 2.47. The molecule has 0 saturated heterocycles. The summed E-state index contributed by atoms with van der Waals surface area (Å²) in [6, 6.07) is -1.55. The van der Waals surface area contributed by atoms with Crippen LogP contribution < -0.4 is 11.1 Å². The molecule has 0 bridgehead atoms. The Morgan fingerprint density at radius 1 is 1.39 bits per heavy atom. The van der Waals surface area contributed by atoms with Crippen molar-refractivity contribution in [3.63, 3.8) is 0 Å². The van der Waals surface area contributed by atoms with Crippen LogP contribution in [0.4, 0.5) is 4.79 Å². The van der Waals surface area contributed by atoms with E-state index in [9.17, 15) is 14.4 Å². The maximum Gasteiger partial charge on any atom is 0.326 e. The number of rotatable bonds is 8. The Kier molecular flexibility index (Phi) is 7.50. The second-order valence-corrected chi connectivity index (χ2v) is 4.12. The monoisotopic (exact) mass is 259 g/mol. The number of urea groups is 1. The molecular formula is C11H21N3O4. The quantitative estimate of drug-likeness (QED) is 0.575. The van der Waals surface area contributed by atoms with Gasteiger partial charge in [-0.1, -0.05) is 13.3 Å². The van der Waals surface area contributed by atoms with Crippen molar-refractivity contribution in [3.8, 4) is 0 Å². The number of nitrogens with two attached hydrogens (primary N) is 1. The topological polar surface area (TPSA) is 113 Å². The second-order valence-electron chi connectivity index (χ2n) is 4.12. The van der Waals surface area contributed by atoms with Gasteiger partial charge in [-0.05, 0) is 12.8 Å². The Hall–Kier alpha value is -1.79. The molecular weight excluding hydrogens is 238 g/mol. The minimum Gasteiger partial charge on any atom is -0.480 e. The molecule has 0 spiro atoms. The second kappa shape index (κ2) is 8.32. The molecule has 1 atom stereocenters. The summed E-state index contributed by atoms with van der Waals surface area (Å²) >= 11 is 0. The predicted molar refractivity (Wildman–Crippen MR) is 65.9 cm³/mol. The van der Waals surface area contributed by atoms with Crippen molar-refractivity contribution in [3.05, 3.63) is 0 Å². The van der Waals surface area contributed by atoms with Crippen LogP contribution in [-0.2, 0) is 9.59 Å². The maximum absolute atomic E-state index is 11.6. The number of nitrogens with one attached hydrogen (secondary N) is 1. The summed E-state index contributed by atoms with van der Waals surface area (Å²) in [5, 5.41) is 11.3. The summed E-state index contributed by atoms with van der Waals surface area (Å²) in [7, 11) is 1.60. The van der Waals surface area contributed by atoms with Crippen LogP contribution in [0, 0.1) is 0 Å².